The molecule has 1 atom stereocenters. The number of carbonyl (C=O) groups is 1. The number of ether oxygens (including phenoxy) is 2. The molecule has 0 saturated carbocycles. The first kappa shape index (κ1) is 17.8. The van der Waals surface area contributed by atoms with E-state index in [4.69, 9.17) is 9.47 Å². The molecule has 0 bridgehead atoms. The van der Waals surface area contributed by atoms with E-state index in [2.05, 4.69) is 14.9 Å². The minimum atomic E-state index is 0.0493. The van der Waals surface area contributed by atoms with Gasteiger partial charge in [0.1, 0.15) is 12.1 Å². The quantitative estimate of drug-likeness (QED) is 0.824. The average Bonchev–Trinajstić information content (AvgIpc) is 3.22. The van der Waals surface area contributed by atoms with Crippen LogP contribution in [-0.2, 0) is 4.79 Å². The number of aromatic nitrogens is 2. The van der Waals surface area contributed by atoms with Crippen molar-refractivity contribution in [2.24, 2.45) is 5.92 Å². The lowest BCUT2D eigenvalue weighted by Crippen LogP contribution is -2.40. The molecule has 3 heterocycles. The van der Waals surface area contributed by atoms with E-state index >= 15 is 0 Å². The van der Waals surface area contributed by atoms with Gasteiger partial charge >= 0.3 is 0 Å². The molecule has 1 aromatic carbocycles. The molecular formula is C20H26N4O3. The Kier molecular flexibility index (Phi) is 5.01. The maximum atomic E-state index is 12.9. The van der Waals surface area contributed by atoms with Crippen LogP contribution in [0.4, 0.5) is 5.82 Å². The van der Waals surface area contributed by atoms with Crippen LogP contribution in [0.2, 0.25) is 0 Å². The number of anilines is 1. The van der Waals surface area contributed by atoms with Gasteiger partial charge in [-0.05, 0) is 31.7 Å². The molecule has 1 amide bonds. The molecule has 2 aliphatic rings. The predicted molar refractivity (Wildman–Crippen MR) is 103 cm³/mol. The highest BCUT2D eigenvalue weighted by atomic mass is 16.5. The van der Waals surface area contributed by atoms with Crippen LogP contribution in [0, 0.1) is 5.92 Å². The van der Waals surface area contributed by atoms with Crippen molar-refractivity contribution in [3.63, 3.8) is 0 Å². The van der Waals surface area contributed by atoms with Gasteiger partial charge in [0.25, 0.3) is 0 Å². The largest absolute Gasteiger partial charge is 0.493 e. The normalized spacial score (nSPS) is 20.1. The van der Waals surface area contributed by atoms with Gasteiger partial charge < -0.3 is 19.3 Å². The third-order valence-corrected chi connectivity index (χ3v) is 5.62. The molecule has 1 aromatic heterocycles. The van der Waals surface area contributed by atoms with Crippen molar-refractivity contribution in [2.45, 2.75) is 25.7 Å². The van der Waals surface area contributed by atoms with Crippen molar-refractivity contribution in [3.05, 3.63) is 18.5 Å². The Hall–Kier alpha value is -2.57. The highest BCUT2D eigenvalue weighted by Gasteiger charge is 2.33. The highest BCUT2D eigenvalue weighted by Crippen LogP contribution is 2.36. The lowest BCUT2D eigenvalue weighted by Gasteiger charge is -2.29. The van der Waals surface area contributed by atoms with E-state index < -0.39 is 0 Å². The number of likely N-dealkylation sites (tertiary alicyclic amines) is 1. The molecular weight excluding hydrogens is 344 g/mol. The zero-order chi connectivity index (χ0) is 18.8. The van der Waals surface area contributed by atoms with Crippen LogP contribution in [0.25, 0.3) is 10.9 Å². The second kappa shape index (κ2) is 7.58. The Morgan fingerprint density at radius 2 is 1.78 bits per heavy atom. The topological polar surface area (TPSA) is 67.8 Å². The zero-order valence-corrected chi connectivity index (χ0v) is 16.0. The van der Waals surface area contributed by atoms with Crippen molar-refractivity contribution in [1.29, 1.82) is 0 Å². The fourth-order valence-electron chi connectivity index (χ4n) is 4.15. The minimum absolute atomic E-state index is 0.0493. The Morgan fingerprint density at radius 3 is 2.52 bits per heavy atom. The summed E-state index contributed by atoms with van der Waals surface area (Å²) in [4.78, 5) is 26.0. The third-order valence-electron chi connectivity index (χ3n) is 5.62. The zero-order valence-electron chi connectivity index (χ0n) is 16.0. The van der Waals surface area contributed by atoms with Gasteiger partial charge in [0.05, 0.1) is 25.7 Å². The molecule has 7 nitrogen and oxygen atoms in total. The molecule has 144 valence electrons. The summed E-state index contributed by atoms with van der Waals surface area (Å²) in [5.41, 5.74) is 0.809. The van der Waals surface area contributed by atoms with Gasteiger partial charge in [-0.3, -0.25) is 4.79 Å². The summed E-state index contributed by atoms with van der Waals surface area (Å²) >= 11 is 0. The highest BCUT2D eigenvalue weighted by molar-refractivity contribution is 5.92. The monoisotopic (exact) mass is 370 g/mol. The number of hydrogen-bond acceptors (Lipinski definition) is 6. The van der Waals surface area contributed by atoms with E-state index in [-0.39, 0.29) is 5.92 Å². The van der Waals surface area contributed by atoms with E-state index in [1.54, 1.807) is 20.5 Å². The number of benzene rings is 1. The molecule has 2 aromatic rings. The number of carbonyl (C=O) groups excluding carboxylic acids is 1. The first-order valence-corrected chi connectivity index (χ1v) is 9.61. The van der Waals surface area contributed by atoms with Crippen LogP contribution in [0.1, 0.15) is 25.7 Å². The fourth-order valence-corrected chi connectivity index (χ4v) is 4.15. The number of nitrogens with zero attached hydrogens (tertiary/aromatic N) is 4. The smallest absolute Gasteiger partial charge is 0.227 e. The number of hydrogen-bond donors (Lipinski definition) is 0. The van der Waals surface area contributed by atoms with Gasteiger partial charge in [0.2, 0.25) is 5.91 Å². The number of amides is 1. The van der Waals surface area contributed by atoms with Gasteiger partial charge in [-0.1, -0.05) is 0 Å². The Morgan fingerprint density at radius 1 is 1.04 bits per heavy atom. The average molecular weight is 370 g/mol. The second-order valence-electron chi connectivity index (χ2n) is 7.24. The van der Waals surface area contributed by atoms with Crippen molar-refractivity contribution < 1.29 is 14.3 Å². The van der Waals surface area contributed by atoms with Crippen molar-refractivity contribution in [2.75, 3.05) is 45.3 Å². The van der Waals surface area contributed by atoms with Crippen LogP contribution in [-0.4, -0.2) is 61.2 Å². The van der Waals surface area contributed by atoms with Gasteiger partial charge in [0, 0.05) is 37.6 Å². The van der Waals surface area contributed by atoms with E-state index in [1.165, 1.54) is 6.42 Å². The van der Waals surface area contributed by atoms with Crippen LogP contribution >= 0.6 is 0 Å². The summed E-state index contributed by atoms with van der Waals surface area (Å²) < 4.78 is 10.8. The van der Waals surface area contributed by atoms with E-state index in [9.17, 15) is 4.79 Å². The van der Waals surface area contributed by atoms with Gasteiger partial charge in [-0.15, -0.1) is 0 Å². The summed E-state index contributed by atoms with van der Waals surface area (Å²) in [6.07, 6.45) is 5.93. The number of piperidine rings is 1. The molecule has 7 heteroatoms. The lowest BCUT2D eigenvalue weighted by molar-refractivity contribution is -0.135. The van der Waals surface area contributed by atoms with E-state index in [0.29, 0.717) is 24.0 Å². The molecule has 2 saturated heterocycles. The standard InChI is InChI=1S/C20H26N4O3/c1-26-17-10-15-16(11-18(17)27-2)21-13-22-19(15)24-9-6-14(12-24)20(25)23-7-4-3-5-8-23/h10-11,13-14H,3-9,12H2,1-2H3. The third kappa shape index (κ3) is 3.38. The Bertz CT molecular complexity index is 835. The number of methoxy groups -OCH3 is 2. The summed E-state index contributed by atoms with van der Waals surface area (Å²) in [6, 6.07) is 3.79. The van der Waals surface area contributed by atoms with Gasteiger partial charge in [0.15, 0.2) is 11.5 Å². The van der Waals surface area contributed by atoms with Gasteiger partial charge in [-0.25, -0.2) is 9.97 Å². The summed E-state index contributed by atoms with van der Waals surface area (Å²) in [5.74, 6) is 2.51. The summed E-state index contributed by atoms with van der Waals surface area (Å²) in [7, 11) is 3.24. The maximum Gasteiger partial charge on any atom is 0.227 e. The Labute approximate surface area is 159 Å². The minimum Gasteiger partial charge on any atom is -0.493 e. The molecule has 0 radical (unpaired) electrons. The lowest BCUT2D eigenvalue weighted by atomic mass is 10.0. The predicted octanol–water partition coefficient (Wildman–Crippen LogP) is 2.49. The van der Waals surface area contributed by atoms with Crippen LogP contribution < -0.4 is 14.4 Å². The Balaban J connectivity index is 1.58. The first-order chi connectivity index (χ1) is 13.2. The van der Waals surface area contributed by atoms with Gasteiger partial charge in [-0.2, -0.15) is 0 Å². The molecule has 27 heavy (non-hydrogen) atoms. The fraction of sp³-hybridized carbons (Fsp3) is 0.550. The SMILES string of the molecule is COc1cc2ncnc(N3CCC(C(=O)N4CCCCC4)C3)c2cc1OC. The van der Waals surface area contributed by atoms with E-state index in [0.717, 1.165) is 55.6 Å². The maximum absolute atomic E-state index is 12.9. The van der Waals surface area contributed by atoms with E-state index in [1.807, 2.05) is 17.0 Å². The first-order valence-electron chi connectivity index (χ1n) is 9.61. The molecule has 2 fully saturated rings. The number of fused-ring (bicyclic) bond motifs is 1. The second-order valence-corrected chi connectivity index (χ2v) is 7.24. The van der Waals surface area contributed by atoms with Crippen LogP contribution in [0.3, 0.4) is 0 Å². The molecule has 1 unspecified atom stereocenters. The summed E-state index contributed by atoms with van der Waals surface area (Å²) in [6.45, 7) is 3.34. The number of rotatable bonds is 4. The summed E-state index contributed by atoms with van der Waals surface area (Å²) in [5, 5.41) is 0.918. The molecule has 0 aliphatic carbocycles. The van der Waals surface area contributed by atoms with Crippen LogP contribution in [0.15, 0.2) is 18.5 Å². The van der Waals surface area contributed by atoms with Crippen molar-refractivity contribution in [3.8, 4) is 11.5 Å². The molecule has 4 rings (SSSR count). The van der Waals surface area contributed by atoms with Crippen LogP contribution in [0.5, 0.6) is 11.5 Å². The molecule has 0 N–H and O–H groups in total. The van der Waals surface area contributed by atoms with Crippen molar-refractivity contribution >= 4 is 22.6 Å². The van der Waals surface area contributed by atoms with Crippen molar-refractivity contribution in [1.82, 2.24) is 14.9 Å². The molecule has 0 spiro atoms. The molecule has 2 aliphatic heterocycles.